The highest BCUT2D eigenvalue weighted by atomic mass is 16.2. The first-order chi connectivity index (χ1) is 32.6. The Labute approximate surface area is 380 Å². The first kappa shape index (κ1) is 38.6. The smallest absolute Gasteiger partial charge is 0.268 e. The lowest BCUT2D eigenvalue weighted by Crippen LogP contribution is -2.30. The summed E-state index contributed by atoms with van der Waals surface area (Å²) in [6.07, 6.45) is 0. The summed E-state index contributed by atoms with van der Waals surface area (Å²) in [4.78, 5) is 47.7. The van der Waals surface area contributed by atoms with Gasteiger partial charge in [-0.3, -0.25) is 9.59 Å². The highest BCUT2D eigenvalue weighted by Crippen LogP contribution is 2.47. The summed E-state index contributed by atoms with van der Waals surface area (Å²) in [6, 6.07) is 74.0. The summed E-state index contributed by atoms with van der Waals surface area (Å²) in [5, 5.41) is 1.93. The van der Waals surface area contributed by atoms with E-state index in [1.165, 1.54) is 4.90 Å². The lowest BCUT2D eigenvalue weighted by Gasteiger charge is -2.24. The van der Waals surface area contributed by atoms with Crippen LogP contribution in [0.4, 0.5) is 5.69 Å². The molecule has 1 aliphatic heterocycles. The summed E-state index contributed by atoms with van der Waals surface area (Å²) in [5.74, 6) is 0.758. The number of anilines is 1. The third-order valence-electron chi connectivity index (χ3n) is 12.4. The molecule has 66 heavy (non-hydrogen) atoms. The summed E-state index contributed by atoms with van der Waals surface area (Å²) in [7, 11) is 0. The van der Waals surface area contributed by atoms with Crippen molar-refractivity contribution in [2.24, 2.45) is 0 Å². The minimum atomic E-state index is -0.409. The van der Waals surface area contributed by atoms with E-state index in [9.17, 15) is 0 Å². The summed E-state index contributed by atoms with van der Waals surface area (Å²) in [6.45, 7) is 0. The molecule has 0 radical (unpaired) electrons. The van der Waals surface area contributed by atoms with Crippen LogP contribution in [-0.2, 0) is 0 Å². The van der Waals surface area contributed by atoms with Gasteiger partial charge >= 0.3 is 0 Å². The number of hydrogen-bond donors (Lipinski definition) is 0. The molecule has 2 aromatic heterocycles. The summed E-state index contributed by atoms with van der Waals surface area (Å²) >= 11 is 0. The molecule has 9 aromatic carbocycles. The van der Waals surface area contributed by atoms with Crippen molar-refractivity contribution in [3.63, 3.8) is 0 Å². The van der Waals surface area contributed by atoms with Crippen molar-refractivity contribution in [1.29, 1.82) is 0 Å². The van der Waals surface area contributed by atoms with E-state index in [0.717, 1.165) is 71.9 Å². The second kappa shape index (κ2) is 15.9. The molecule has 0 atom stereocenters. The van der Waals surface area contributed by atoms with Crippen molar-refractivity contribution in [3.8, 4) is 73.2 Å². The van der Waals surface area contributed by atoms with Crippen LogP contribution >= 0.6 is 0 Å². The maximum absolute atomic E-state index is 15.7. The zero-order chi connectivity index (χ0) is 44.1. The molecule has 2 amide bonds. The van der Waals surface area contributed by atoms with Gasteiger partial charge in [0, 0.05) is 38.6 Å². The molecule has 7 heteroatoms. The number of imide groups is 1. The SMILES string of the molecule is O=C1c2cccc(-n3c4ccccc4c4cccc(-c5nc(-c6ccccc6)nc(-c6ccccc6)n5)c43)c2C(=O)N1c1c(-c2ccccc2)cc(-c2ccccc2)cc1-c1ccccc1. The number of carbonyl (C=O) groups is 2. The van der Waals surface area contributed by atoms with Crippen LogP contribution in [0.3, 0.4) is 0 Å². The number of hydrogen-bond acceptors (Lipinski definition) is 5. The molecule has 310 valence electrons. The minimum Gasteiger partial charge on any atom is -0.308 e. The Morgan fingerprint density at radius 2 is 0.788 bits per heavy atom. The van der Waals surface area contributed by atoms with Crippen LogP contribution in [0.25, 0.3) is 95.0 Å². The molecule has 12 rings (SSSR count). The van der Waals surface area contributed by atoms with Crippen molar-refractivity contribution < 1.29 is 9.59 Å². The average molecular weight is 848 g/mol. The topological polar surface area (TPSA) is 81.0 Å². The number of amides is 2. The van der Waals surface area contributed by atoms with Gasteiger partial charge in [0.25, 0.3) is 11.8 Å². The highest BCUT2D eigenvalue weighted by molar-refractivity contribution is 6.37. The van der Waals surface area contributed by atoms with Crippen molar-refractivity contribution >= 4 is 39.3 Å². The second-order valence-electron chi connectivity index (χ2n) is 16.3. The number of carbonyl (C=O) groups excluding carboxylic acids is 2. The number of benzene rings is 9. The van der Waals surface area contributed by atoms with Gasteiger partial charge in [-0.1, -0.05) is 188 Å². The Bertz CT molecular complexity index is 3550. The Balaban J connectivity index is 1.10. The molecule has 3 heterocycles. The third kappa shape index (κ3) is 6.41. The van der Waals surface area contributed by atoms with Crippen molar-refractivity contribution in [2.45, 2.75) is 0 Å². The van der Waals surface area contributed by atoms with Gasteiger partial charge in [-0.2, -0.15) is 0 Å². The fourth-order valence-electron chi connectivity index (χ4n) is 9.38. The second-order valence-corrected chi connectivity index (χ2v) is 16.3. The lowest BCUT2D eigenvalue weighted by molar-refractivity contribution is 0.0926. The van der Waals surface area contributed by atoms with Gasteiger partial charge in [-0.05, 0) is 58.7 Å². The van der Waals surface area contributed by atoms with Gasteiger partial charge in [-0.15, -0.1) is 0 Å². The van der Waals surface area contributed by atoms with Gasteiger partial charge in [0.1, 0.15) is 0 Å². The fourth-order valence-corrected chi connectivity index (χ4v) is 9.38. The standard InChI is InChI=1S/C59H37N5O2/c65-58-46-32-19-35-51(52(46)59(66)64(58)54-48(39-22-8-2-9-23-39)36-43(38-20-6-1-7-21-38)37-49(54)40-24-10-3-11-25-40)63-50-34-17-16-30-44(50)45-31-18-33-47(53(45)63)57-61-55(41-26-12-4-13-27-41)60-56(62-57)42-28-14-5-15-29-42/h1-37H. The van der Waals surface area contributed by atoms with Crippen LogP contribution in [-0.4, -0.2) is 31.3 Å². The maximum Gasteiger partial charge on any atom is 0.268 e. The van der Waals surface area contributed by atoms with Gasteiger partial charge in [0.2, 0.25) is 0 Å². The van der Waals surface area contributed by atoms with Gasteiger partial charge < -0.3 is 4.57 Å². The van der Waals surface area contributed by atoms with Crippen molar-refractivity contribution in [1.82, 2.24) is 19.5 Å². The monoisotopic (exact) mass is 847 g/mol. The molecule has 0 N–H and O–H groups in total. The normalized spacial score (nSPS) is 12.3. The zero-order valence-electron chi connectivity index (χ0n) is 35.4. The number of nitrogens with zero attached hydrogens (tertiary/aromatic N) is 5. The molecule has 11 aromatic rings. The number of rotatable bonds is 8. The predicted molar refractivity (Wildman–Crippen MR) is 264 cm³/mol. The molecule has 0 spiro atoms. The first-order valence-electron chi connectivity index (χ1n) is 21.9. The predicted octanol–water partition coefficient (Wildman–Crippen LogP) is 13.8. The van der Waals surface area contributed by atoms with Crippen LogP contribution in [0.5, 0.6) is 0 Å². The maximum atomic E-state index is 15.7. The van der Waals surface area contributed by atoms with Gasteiger partial charge in [-0.25, -0.2) is 19.9 Å². The molecule has 0 saturated carbocycles. The van der Waals surface area contributed by atoms with Crippen LogP contribution in [0.15, 0.2) is 224 Å². The molecule has 0 saturated heterocycles. The van der Waals surface area contributed by atoms with E-state index in [-0.39, 0.29) is 0 Å². The van der Waals surface area contributed by atoms with E-state index in [1.54, 1.807) is 6.07 Å². The quantitative estimate of drug-likeness (QED) is 0.142. The van der Waals surface area contributed by atoms with E-state index in [1.807, 2.05) is 176 Å². The zero-order valence-corrected chi connectivity index (χ0v) is 35.4. The van der Waals surface area contributed by atoms with Crippen LogP contribution in [0.1, 0.15) is 20.7 Å². The molecule has 1 aliphatic rings. The molecule has 0 unspecified atom stereocenters. The Morgan fingerprint density at radius 3 is 1.36 bits per heavy atom. The molecule has 0 aliphatic carbocycles. The van der Waals surface area contributed by atoms with Gasteiger partial charge in [0.15, 0.2) is 17.5 Å². The van der Waals surface area contributed by atoms with Crippen molar-refractivity contribution in [2.75, 3.05) is 4.90 Å². The molecular formula is C59H37N5O2. The fraction of sp³-hybridized carbons (Fsp3) is 0. The molecule has 7 nitrogen and oxygen atoms in total. The van der Waals surface area contributed by atoms with E-state index >= 15 is 9.59 Å². The molecular weight excluding hydrogens is 811 g/mol. The minimum absolute atomic E-state index is 0.315. The number of aromatic nitrogens is 4. The van der Waals surface area contributed by atoms with Gasteiger partial charge in [0.05, 0.1) is 33.5 Å². The number of fused-ring (bicyclic) bond motifs is 4. The molecule has 0 bridgehead atoms. The van der Waals surface area contributed by atoms with Crippen LogP contribution in [0.2, 0.25) is 0 Å². The van der Waals surface area contributed by atoms with Crippen LogP contribution < -0.4 is 4.90 Å². The Kier molecular flexibility index (Phi) is 9.31. The third-order valence-corrected chi connectivity index (χ3v) is 12.4. The van der Waals surface area contributed by atoms with E-state index < -0.39 is 11.8 Å². The first-order valence-corrected chi connectivity index (χ1v) is 21.9. The number of para-hydroxylation sites is 2. The summed E-state index contributed by atoms with van der Waals surface area (Å²) < 4.78 is 2.11. The van der Waals surface area contributed by atoms with E-state index in [0.29, 0.717) is 40.0 Å². The largest absolute Gasteiger partial charge is 0.308 e. The van der Waals surface area contributed by atoms with Crippen molar-refractivity contribution in [3.05, 3.63) is 236 Å². The Morgan fingerprint density at radius 1 is 0.333 bits per heavy atom. The summed E-state index contributed by atoms with van der Waals surface area (Å²) in [5.41, 5.74) is 11.2. The highest BCUT2D eigenvalue weighted by Gasteiger charge is 2.42. The lowest BCUT2D eigenvalue weighted by atomic mass is 9.90. The van der Waals surface area contributed by atoms with Crippen LogP contribution in [0, 0.1) is 0 Å². The average Bonchev–Trinajstić information content (AvgIpc) is 3.87. The van der Waals surface area contributed by atoms with E-state index in [2.05, 4.69) is 47.0 Å². The Hall–Kier alpha value is -9.07. The molecule has 0 fully saturated rings. The van der Waals surface area contributed by atoms with E-state index in [4.69, 9.17) is 15.0 Å².